The van der Waals surface area contributed by atoms with E-state index in [1.54, 1.807) is 6.33 Å². The number of H-pyrrole nitrogens is 1. The lowest BCUT2D eigenvalue weighted by Gasteiger charge is -2.35. The number of para-hydroxylation sites is 1. The van der Waals surface area contributed by atoms with Gasteiger partial charge in [-0.15, -0.1) is 0 Å². The van der Waals surface area contributed by atoms with E-state index in [1.807, 2.05) is 30.3 Å². The lowest BCUT2D eigenvalue weighted by molar-refractivity contribution is 0.797. The first kappa shape index (κ1) is 17.7. The van der Waals surface area contributed by atoms with E-state index >= 15 is 0 Å². The highest BCUT2D eigenvalue weighted by molar-refractivity contribution is 6.31. The van der Waals surface area contributed by atoms with E-state index in [2.05, 4.69) is 61.4 Å². The quantitative estimate of drug-likeness (QED) is 0.509. The smallest absolute Gasteiger partial charge is 0.162 e. The molecule has 1 atom stereocenters. The molecule has 29 heavy (non-hydrogen) atoms. The standard InChI is InChI=1S/C22H19ClN6/c1-14(28-22-20-21(25-12-24-20)26-13-27-22)19-10-15-6-5-9-18(23)17(15)11-29(19)16-7-3-2-4-8-16/h2-10,12-14H,11H2,1H3,(H2,24,25,26,27,28). The zero-order valence-electron chi connectivity index (χ0n) is 15.8. The molecule has 0 aliphatic carbocycles. The molecule has 0 saturated heterocycles. The number of aromatic amines is 1. The zero-order valence-corrected chi connectivity index (χ0v) is 16.6. The summed E-state index contributed by atoms with van der Waals surface area (Å²) in [5.41, 5.74) is 5.96. The van der Waals surface area contributed by atoms with E-state index < -0.39 is 0 Å². The molecule has 0 saturated carbocycles. The Balaban J connectivity index is 1.56. The number of nitrogens with one attached hydrogen (secondary N) is 2. The molecule has 2 aromatic heterocycles. The molecule has 0 spiro atoms. The topological polar surface area (TPSA) is 69.7 Å². The molecule has 1 aliphatic rings. The summed E-state index contributed by atoms with van der Waals surface area (Å²) >= 11 is 6.50. The molecule has 1 unspecified atom stereocenters. The summed E-state index contributed by atoms with van der Waals surface area (Å²) in [5.74, 6) is 0.703. The Morgan fingerprint density at radius 1 is 1.07 bits per heavy atom. The Kier molecular flexibility index (Phi) is 4.41. The first-order valence-corrected chi connectivity index (χ1v) is 9.80. The average Bonchev–Trinajstić information content (AvgIpc) is 3.24. The highest BCUT2D eigenvalue weighted by Crippen LogP contribution is 2.35. The van der Waals surface area contributed by atoms with Crippen molar-refractivity contribution in [2.75, 3.05) is 10.2 Å². The summed E-state index contributed by atoms with van der Waals surface area (Å²) in [7, 11) is 0. The molecule has 144 valence electrons. The van der Waals surface area contributed by atoms with E-state index in [4.69, 9.17) is 11.6 Å². The number of hydrogen-bond acceptors (Lipinski definition) is 5. The van der Waals surface area contributed by atoms with Gasteiger partial charge in [0.15, 0.2) is 11.5 Å². The van der Waals surface area contributed by atoms with Crippen molar-refractivity contribution < 1.29 is 0 Å². The minimum absolute atomic E-state index is 0.0165. The Morgan fingerprint density at radius 2 is 1.93 bits per heavy atom. The van der Waals surface area contributed by atoms with Crippen LogP contribution in [0.4, 0.5) is 11.5 Å². The van der Waals surface area contributed by atoms with Gasteiger partial charge in [0.25, 0.3) is 0 Å². The number of halogens is 1. The van der Waals surface area contributed by atoms with Crippen LogP contribution in [-0.2, 0) is 6.54 Å². The minimum Gasteiger partial charge on any atom is -0.360 e. The second-order valence-electron chi connectivity index (χ2n) is 6.99. The first-order chi connectivity index (χ1) is 14.2. The molecule has 4 aromatic rings. The van der Waals surface area contributed by atoms with Crippen molar-refractivity contribution >= 4 is 40.3 Å². The van der Waals surface area contributed by atoms with Gasteiger partial charge in [-0.1, -0.05) is 41.9 Å². The highest BCUT2D eigenvalue weighted by atomic mass is 35.5. The minimum atomic E-state index is -0.0165. The summed E-state index contributed by atoms with van der Waals surface area (Å²) in [6.45, 7) is 2.83. The van der Waals surface area contributed by atoms with Crippen LogP contribution in [0.5, 0.6) is 0 Å². The number of imidazole rings is 1. The molecule has 2 N–H and O–H groups in total. The molecule has 3 heterocycles. The predicted octanol–water partition coefficient (Wildman–Crippen LogP) is 4.87. The van der Waals surface area contributed by atoms with Crippen molar-refractivity contribution in [3.63, 3.8) is 0 Å². The van der Waals surface area contributed by atoms with Gasteiger partial charge in [0.1, 0.15) is 11.8 Å². The number of benzene rings is 2. The fraction of sp³-hybridized carbons (Fsp3) is 0.136. The largest absolute Gasteiger partial charge is 0.360 e. The molecule has 0 fully saturated rings. The van der Waals surface area contributed by atoms with Crippen molar-refractivity contribution in [1.29, 1.82) is 0 Å². The van der Waals surface area contributed by atoms with Crippen molar-refractivity contribution in [2.24, 2.45) is 0 Å². The molecular formula is C22H19ClN6. The maximum Gasteiger partial charge on any atom is 0.162 e. The third-order valence-corrected chi connectivity index (χ3v) is 5.52. The maximum absolute atomic E-state index is 6.50. The number of nitrogens with zero attached hydrogens (tertiary/aromatic N) is 4. The lowest BCUT2D eigenvalue weighted by Crippen LogP contribution is -2.35. The van der Waals surface area contributed by atoms with Crippen molar-refractivity contribution in [3.8, 4) is 0 Å². The first-order valence-electron chi connectivity index (χ1n) is 9.43. The molecule has 6 nitrogen and oxygen atoms in total. The van der Waals surface area contributed by atoms with Gasteiger partial charge in [0.2, 0.25) is 0 Å². The van der Waals surface area contributed by atoms with Crippen LogP contribution >= 0.6 is 11.6 Å². The second-order valence-corrected chi connectivity index (χ2v) is 7.39. The van der Waals surface area contributed by atoms with Crippen LogP contribution in [0.25, 0.3) is 17.2 Å². The molecule has 2 aromatic carbocycles. The van der Waals surface area contributed by atoms with Gasteiger partial charge in [0, 0.05) is 23.0 Å². The molecule has 0 radical (unpaired) electrons. The van der Waals surface area contributed by atoms with Gasteiger partial charge in [-0.25, -0.2) is 15.0 Å². The van der Waals surface area contributed by atoms with E-state index in [9.17, 15) is 0 Å². The summed E-state index contributed by atoms with van der Waals surface area (Å²) in [4.78, 5) is 18.3. The Labute approximate surface area is 173 Å². The summed E-state index contributed by atoms with van der Waals surface area (Å²) in [6, 6.07) is 16.4. The van der Waals surface area contributed by atoms with Crippen LogP contribution in [0.3, 0.4) is 0 Å². The molecule has 0 bridgehead atoms. The summed E-state index contributed by atoms with van der Waals surface area (Å²) in [5, 5.41) is 4.29. The third-order valence-electron chi connectivity index (χ3n) is 5.17. The zero-order chi connectivity index (χ0) is 19.8. The molecule has 5 rings (SSSR count). The monoisotopic (exact) mass is 402 g/mol. The van der Waals surface area contributed by atoms with Crippen molar-refractivity contribution in [1.82, 2.24) is 19.9 Å². The fourth-order valence-electron chi connectivity index (χ4n) is 3.72. The van der Waals surface area contributed by atoms with Crippen LogP contribution in [-0.4, -0.2) is 26.0 Å². The van der Waals surface area contributed by atoms with Gasteiger partial charge in [-0.2, -0.15) is 0 Å². The SMILES string of the molecule is CC(Nc1ncnc2[nH]cnc12)C1=Cc2cccc(Cl)c2CN1c1ccccc1. The average molecular weight is 403 g/mol. The summed E-state index contributed by atoms with van der Waals surface area (Å²) < 4.78 is 0. The molecule has 0 amide bonds. The Hall–Kier alpha value is -3.38. The number of aromatic nitrogens is 4. The van der Waals surface area contributed by atoms with Gasteiger partial charge in [0.05, 0.1) is 12.4 Å². The Bertz CT molecular complexity index is 1200. The van der Waals surface area contributed by atoms with Crippen LogP contribution in [0.15, 0.2) is 66.9 Å². The van der Waals surface area contributed by atoms with E-state index in [-0.39, 0.29) is 6.04 Å². The van der Waals surface area contributed by atoms with Crippen molar-refractivity contribution in [3.05, 3.63) is 83.0 Å². The molecular weight excluding hydrogens is 384 g/mol. The van der Waals surface area contributed by atoms with E-state index in [0.717, 1.165) is 33.1 Å². The van der Waals surface area contributed by atoms with Crippen LogP contribution in [0.1, 0.15) is 18.1 Å². The number of fused-ring (bicyclic) bond motifs is 2. The summed E-state index contributed by atoms with van der Waals surface area (Å²) in [6.07, 6.45) is 5.36. The molecule has 7 heteroatoms. The van der Waals surface area contributed by atoms with E-state index in [1.165, 1.54) is 6.33 Å². The van der Waals surface area contributed by atoms with E-state index in [0.29, 0.717) is 18.0 Å². The van der Waals surface area contributed by atoms with Crippen LogP contribution in [0.2, 0.25) is 5.02 Å². The predicted molar refractivity (Wildman–Crippen MR) is 117 cm³/mol. The second kappa shape index (κ2) is 7.22. The normalized spacial score (nSPS) is 14.4. The van der Waals surface area contributed by atoms with Gasteiger partial charge < -0.3 is 15.2 Å². The number of rotatable bonds is 4. The molecule has 1 aliphatic heterocycles. The number of hydrogen-bond donors (Lipinski definition) is 2. The Morgan fingerprint density at radius 3 is 2.79 bits per heavy atom. The van der Waals surface area contributed by atoms with Crippen molar-refractivity contribution in [2.45, 2.75) is 19.5 Å². The lowest BCUT2D eigenvalue weighted by atomic mass is 9.98. The van der Waals surface area contributed by atoms with Gasteiger partial charge in [-0.3, -0.25) is 0 Å². The van der Waals surface area contributed by atoms with Gasteiger partial charge >= 0.3 is 0 Å². The highest BCUT2D eigenvalue weighted by Gasteiger charge is 2.25. The third kappa shape index (κ3) is 3.21. The maximum atomic E-state index is 6.50. The number of anilines is 2. The fourth-order valence-corrected chi connectivity index (χ4v) is 3.96. The van der Waals surface area contributed by atoms with Gasteiger partial charge in [-0.05, 0) is 42.3 Å². The van der Waals surface area contributed by atoms with Crippen LogP contribution in [0, 0.1) is 0 Å². The van der Waals surface area contributed by atoms with Crippen LogP contribution < -0.4 is 10.2 Å².